The monoisotopic (exact) mass is 351 g/mol. The standard InChI is InChI=1S/C18H17N5O3/c24-10-13-7-5-12(9-14(13)11-25)6-8-17(26)19-16-4-2-1-3-15(16)18-20-22-23-21-18/h1-9,24-25H,10-11H2,(H,19,26)(H,20,21,22,23)/b8-6+. The first kappa shape index (κ1) is 17.5. The number of aliphatic hydroxyl groups excluding tert-OH is 2. The van der Waals surface area contributed by atoms with E-state index in [-0.39, 0.29) is 19.1 Å². The van der Waals surface area contributed by atoms with Crippen molar-refractivity contribution in [3.63, 3.8) is 0 Å². The zero-order valence-corrected chi connectivity index (χ0v) is 13.8. The molecule has 0 atom stereocenters. The van der Waals surface area contributed by atoms with Gasteiger partial charge in [-0.3, -0.25) is 4.79 Å². The Morgan fingerprint density at radius 3 is 2.65 bits per heavy atom. The van der Waals surface area contributed by atoms with Gasteiger partial charge in [0, 0.05) is 11.6 Å². The molecule has 0 bridgehead atoms. The minimum absolute atomic E-state index is 0.146. The highest BCUT2D eigenvalue weighted by molar-refractivity contribution is 6.03. The minimum Gasteiger partial charge on any atom is -0.392 e. The molecule has 3 rings (SSSR count). The Labute approximate surface area is 149 Å². The average molecular weight is 351 g/mol. The van der Waals surface area contributed by atoms with Crippen molar-refractivity contribution in [2.45, 2.75) is 13.2 Å². The maximum atomic E-state index is 12.2. The lowest BCUT2D eigenvalue weighted by Gasteiger charge is -2.07. The number of nitrogens with one attached hydrogen (secondary N) is 2. The molecule has 0 aliphatic carbocycles. The van der Waals surface area contributed by atoms with Gasteiger partial charge in [-0.2, -0.15) is 5.21 Å². The topological polar surface area (TPSA) is 124 Å². The number of H-pyrrole nitrogens is 1. The molecule has 0 saturated carbocycles. The van der Waals surface area contributed by atoms with Crippen molar-refractivity contribution in [2.24, 2.45) is 0 Å². The second-order valence-corrected chi connectivity index (χ2v) is 5.45. The Kier molecular flexibility index (Phi) is 5.47. The maximum absolute atomic E-state index is 12.2. The number of tetrazole rings is 1. The number of para-hydroxylation sites is 1. The molecular weight excluding hydrogens is 334 g/mol. The van der Waals surface area contributed by atoms with Crippen molar-refractivity contribution >= 4 is 17.7 Å². The number of nitrogens with zero attached hydrogens (tertiary/aromatic N) is 3. The van der Waals surface area contributed by atoms with Gasteiger partial charge in [-0.1, -0.05) is 24.3 Å². The van der Waals surface area contributed by atoms with Crippen LogP contribution in [0.2, 0.25) is 0 Å². The number of anilines is 1. The first-order chi connectivity index (χ1) is 12.7. The van der Waals surface area contributed by atoms with Gasteiger partial charge >= 0.3 is 0 Å². The van der Waals surface area contributed by atoms with Crippen LogP contribution in [0.15, 0.2) is 48.5 Å². The number of aliphatic hydroxyl groups is 2. The van der Waals surface area contributed by atoms with E-state index >= 15 is 0 Å². The predicted molar refractivity (Wildman–Crippen MR) is 95.6 cm³/mol. The van der Waals surface area contributed by atoms with Crippen LogP contribution in [0.1, 0.15) is 16.7 Å². The molecule has 132 valence electrons. The summed E-state index contributed by atoms with van der Waals surface area (Å²) in [5.41, 5.74) is 3.24. The van der Waals surface area contributed by atoms with Crippen LogP contribution in [-0.2, 0) is 18.0 Å². The van der Waals surface area contributed by atoms with E-state index in [1.807, 2.05) is 6.07 Å². The Bertz CT molecular complexity index is 922. The Hall–Kier alpha value is -3.36. The minimum atomic E-state index is -0.322. The van der Waals surface area contributed by atoms with E-state index < -0.39 is 0 Å². The number of carbonyl (C=O) groups excluding carboxylic acids is 1. The molecule has 0 unspecified atom stereocenters. The van der Waals surface area contributed by atoms with E-state index in [2.05, 4.69) is 25.9 Å². The largest absolute Gasteiger partial charge is 0.392 e. The quantitative estimate of drug-likeness (QED) is 0.499. The summed E-state index contributed by atoms with van der Waals surface area (Å²) in [7, 11) is 0. The summed E-state index contributed by atoms with van der Waals surface area (Å²) < 4.78 is 0. The van der Waals surface area contributed by atoms with E-state index in [1.165, 1.54) is 6.08 Å². The molecule has 1 amide bonds. The Balaban J connectivity index is 1.75. The number of benzene rings is 2. The number of carbonyl (C=O) groups is 1. The summed E-state index contributed by atoms with van der Waals surface area (Å²) in [5.74, 6) is 0.0646. The number of hydrogen-bond donors (Lipinski definition) is 4. The fraction of sp³-hybridized carbons (Fsp3) is 0.111. The van der Waals surface area contributed by atoms with E-state index in [1.54, 1.807) is 42.5 Å². The zero-order valence-electron chi connectivity index (χ0n) is 13.8. The highest BCUT2D eigenvalue weighted by Gasteiger charge is 2.10. The summed E-state index contributed by atoms with van der Waals surface area (Å²) in [4.78, 5) is 12.2. The Morgan fingerprint density at radius 1 is 1.12 bits per heavy atom. The zero-order chi connectivity index (χ0) is 18.4. The van der Waals surface area contributed by atoms with Gasteiger partial charge in [0.1, 0.15) is 0 Å². The van der Waals surface area contributed by atoms with Gasteiger partial charge in [0.05, 0.1) is 18.9 Å². The lowest BCUT2D eigenvalue weighted by atomic mass is 10.0. The summed E-state index contributed by atoms with van der Waals surface area (Å²) in [6.07, 6.45) is 3.02. The van der Waals surface area contributed by atoms with Gasteiger partial charge in [0.2, 0.25) is 11.7 Å². The average Bonchev–Trinajstić information content (AvgIpc) is 3.21. The van der Waals surface area contributed by atoms with E-state index in [0.29, 0.717) is 28.2 Å². The number of aromatic nitrogens is 4. The number of aromatic amines is 1. The van der Waals surface area contributed by atoms with Gasteiger partial charge in [-0.25, -0.2) is 0 Å². The van der Waals surface area contributed by atoms with Crippen LogP contribution in [0.4, 0.5) is 5.69 Å². The third-order valence-electron chi connectivity index (χ3n) is 3.77. The number of rotatable bonds is 6. The smallest absolute Gasteiger partial charge is 0.248 e. The first-order valence-corrected chi connectivity index (χ1v) is 7.86. The molecule has 0 aliphatic heterocycles. The van der Waals surface area contributed by atoms with Crippen molar-refractivity contribution in [2.75, 3.05) is 5.32 Å². The normalized spacial score (nSPS) is 11.0. The van der Waals surface area contributed by atoms with Crippen LogP contribution in [0.25, 0.3) is 17.5 Å². The van der Waals surface area contributed by atoms with Crippen LogP contribution < -0.4 is 5.32 Å². The summed E-state index contributed by atoms with van der Waals surface area (Å²) in [6, 6.07) is 12.3. The van der Waals surface area contributed by atoms with Gasteiger partial charge in [-0.05, 0) is 46.2 Å². The van der Waals surface area contributed by atoms with Crippen LogP contribution in [0.3, 0.4) is 0 Å². The molecule has 0 aliphatic rings. The van der Waals surface area contributed by atoms with Crippen molar-refractivity contribution in [1.29, 1.82) is 0 Å². The second kappa shape index (κ2) is 8.15. The van der Waals surface area contributed by atoms with Crippen LogP contribution in [0, 0.1) is 0 Å². The van der Waals surface area contributed by atoms with Crippen molar-refractivity contribution in [3.8, 4) is 11.4 Å². The van der Waals surface area contributed by atoms with Gasteiger partial charge in [-0.15, -0.1) is 10.2 Å². The van der Waals surface area contributed by atoms with Crippen LogP contribution >= 0.6 is 0 Å². The summed E-state index contributed by atoms with van der Waals surface area (Å²) >= 11 is 0. The molecule has 4 N–H and O–H groups in total. The van der Waals surface area contributed by atoms with Crippen LogP contribution in [-0.4, -0.2) is 36.7 Å². The Morgan fingerprint density at radius 2 is 1.92 bits per heavy atom. The summed E-state index contributed by atoms with van der Waals surface area (Å²) in [5, 5.41) is 35.1. The van der Waals surface area contributed by atoms with E-state index in [9.17, 15) is 15.0 Å². The maximum Gasteiger partial charge on any atom is 0.248 e. The van der Waals surface area contributed by atoms with E-state index in [4.69, 9.17) is 0 Å². The lowest BCUT2D eigenvalue weighted by molar-refractivity contribution is -0.111. The van der Waals surface area contributed by atoms with Crippen molar-refractivity contribution in [3.05, 3.63) is 65.2 Å². The molecule has 1 heterocycles. The highest BCUT2D eigenvalue weighted by atomic mass is 16.3. The van der Waals surface area contributed by atoms with Crippen molar-refractivity contribution < 1.29 is 15.0 Å². The fourth-order valence-electron chi connectivity index (χ4n) is 2.46. The molecule has 0 fully saturated rings. The fourth-order valence-corrected chi connectivity index (χ4v) is 2.46. The van der Waals surface area contributed by atoms with Gasteiger partial charge in [0.25, 0.3) is 0 Å². The third kappa shape index (κ3) is 4.00. The molecule has 2 aromatic carbocycles. The third-order valence-corrected chi connectivity index (χ3v) is 3.77. The number of amides is 1. The van der Waals surface area contributed by atoms with Crippen molar-refractivity contribution in [1.82, 2.24) is 20.6 Å². The SMILES string of the molecule is O=C(/C=C/c1ccc(CO)c(CO)c1)Nc1ccccc1-c1nn[nH]n1. The number of hydrogen-bond acceptors (Lipinski definition) is 6. The molecule has 0 saturated heterocycles. The van der Waals surface area contributed by atoms with Crippen LogP contribution in [0.5, 0.6) is 0 Å². The molecular formula is C18H17N5O3. The lowest BCUT2D eigenvalue weighted by Crippen LogP contribution is -2.09. The molecule has 0 spiro atoms. The van der Waals surface area contributed by atoms with Gasteiger partial charge < -0.3 is 15.5 Å². The molecule has 3 aromatic rings. The van der Waals surface area contributed by atoms with E-state index in [0.717, 1.165) is 5.56 Å². The summed E-state index contributed by atoms with van der Waals surface area (Å²) in [6.45, 7) is -0.324. The molecule has 0 radical (unpaired) electrons. The predicted octanol–water partition coefficient (Wildman–Crippen LogP) is 1.50. The molecule has 8 heteroatoms. The molecule has 1 aromatic heterocycles. The molecule has 8 nitrogen and oxygen atoms in total. The second-order valence-electron chi connectivity index (χ2n) is 5.45. The molecule has 26 heavy (non-hydrogen) atoms. The first-order valence-electron chi connectivity index (χ1n) is 7.86. The highest BCUT2D eigenvalue weighted by Crippen LogP contribution is 2.24. The van der Waals surface area contributed by atoms with Gasteiger partial charge in [0.15, 0.2) is 0 Å².